The van der Waals surface area contributed by atoms with Crippen LogP contribution in [0.5, 0.6) is 0 Å². The minimum atomic E-state index is -4.96. The van der Waals surface area contributed by atoms with Crippen molar-refractivity contribution in [1.29, 1.82) is 0 Å². The predicted octanol–water partition coefficient (Wildman–Crippen LogP) is 21.4. The van der Waals surface area contributed by atoms with Crippen LogP contribution in [0.1, 0.15) is 376 Å². The summed E-state index contributed by atoms with van der Waals surface area (Å²) < 4.78 is 68.5. The van der Waals surface area contributed by atoms with Crippen LogP contribution >= 0.6 is 15.6 Å². The highest BCUT2D eigenvalue weighted by atomic mass is 31.2. The van der Waals surface area contributed by atoms with E-state index in [0.717, 1.165) is 114 Å². The maximum Gasteiger partial charge on any atom is 0.472 e. The van der Waals surface area contributed by atoms with Crippen molar-refractivity contribution >= 4 is 39.5 Å². The van der Waals surface area contributed by atoms with E-state index >= 15 is 0 Å². The fourth-order valence-corrected chi connectivity index (χ4v) is 12.7. The Hall–Kier alpha value is -1.94. The molecule has 552 valence electrons. The Morgan fingerprint density at radius 2 is 0.516 bits per heavy atom. The van der Waals surface area contributed by atoms with Crippen molar-refractivity contribution in [3.63, 3.8) is 0 Å². The molecule has 0 aliphatic carbocycles. The Balaban J connectivity index is 5.27. The summed E-state index contributed by atoms with van der Waals surface area (Å²) in [6.07, 6.45) is 49.7. The van der Waals surface area contributed by atoms with Gasteiger partial charge < -0.3 is 33.8 Å². The summed E-state index contributed by atoms with van der Waals surface area (Å²) in [4.78, 5) is 72.8. The fraction of sp³-hybridized carbons (Fsp3) is 0.946. The molecule has 0 rings (SSSR count). The molecule has 0 fully saturated rings. The van der Waals surface area contributed by atoms with E-state index in [1.54, 1.807) is 0 Å². The molecule has 0 saturated carbocycles. The minimum absolute atomic E-state index is 0.105. The van der Waals surface area contributed by atoms with Crippen molar-refractivity contribution in [3.8, 4) is 0 Å². The van der Waals surface area contributed by atoms with Crippen LogP contribution in [0.3, 0.4) is 0 Å². The Kier molecular flexibility index (Phi) is 63.4. The predicted molar refractivity (Wildman–Crippen MR) is 377 cm³/mol. The standard InChI is InChI=1S/C74H144O17P2/c1-8-12-13-14-15-16-17-18-19-20-21-29-34-43-50-57-73(78)90-69(61-84-71(76)55-48-41-33-28-24-22-26-31-38-45-52-65(5)9-2)63-88-92(80,81)86-59-68(75)60-87-93(82,83)89-64-70(62-85-72(77)56-49-42-37-36-40-47-54-67(7)11-4)91-74(79)58-51-44-35-30-25-23-27-32-39-46-53-66(6)10-3/h65-70,75H,8-64H2,1-7H3,(H,80,81)(H,82,83)/t65?,66?,67?,68-,69-,70-/m1/s1. The molecule has 0 aliphatic rings. The molecule has 0 heterocycles. The number of aliphatic hydroxyl groups is 1. The molecule has 0 bridgehead atoms. The average molecular weight is 1370 g/mol. The van der Waals surface area contributed by atoms with E-state index in [0.29, 0.717) is 25.7 Å². The SMILES string of the molecule is CCCCCCCCCCCCCCCCCC(=O)O[C@H](COC(=O)CCCCCCCCCCCCC(C)CC)COP(=O)(O)OC[C@@H](O)COP(=O)(O)OC[C@@H](COC(=O)CCCCCCCCC(C)CC)OC(=O)CCCCCCCCCCCCC(C)CC. The number of carbonyl (C=O) groups excluding carboxylic acids is 4. The zero-order valence-electron chi connectivity index (χ0n) is 60.7. The summed E-state index contributed by atoms with van der Waals surface area (Å²) in [5.41, 5.74) is 0. The van der Waals surface area contributed by atoms with Gasteiger partial charge in [-0.05, 0) is 43.4 Å². The summed E-state index contributed by atoms with van der Waals surface area (Å²) in [6.45, 7) is 11.9. The largest absolute Gasteiger partial charge is 0.472 e. The van der Waals surface area contributed by atoms with Gasteiger partial charge in [-0.3, -0.25) is 37.3 Å². The van der Waals surface area contributed by atoms with Gasteiger partial charge >= 0.3 is 39.5 Å². The zero-order chi connectivity index (χ0) is 68.7. The van der Waals surface area contributed by atoms with Gasteiger partial charge in [-0.25, -0.2) is 9.13 Å². The number of ether oxygens (including phenoxy) is 4. The highest BCUT2D eigenvalue weighted by Crippen LogP contribution is 2.45. The molecule has 0 aromatic heterocycles. The lowest BCUT2D eigenvalue weighted by Gasteiger charge is -2.21. The maximum absolute atomic E-state index is 13.1. The first-order valence-electron chi connectivity index (χ1n) is 38.5. The quantitative estimate of drug-likeness (QED) is 0.0222. The second kappa shape index (κ2) is 64.7. The number of hydrogen-bond donors (Lipinski definition) is 3. The molecule has 0 amide bonds. The third kappa shape index (κ3) is 64.5. The van der Waals surface area contributed by atoms with Crippen LogP contribution in [0.4, 0.5) is 0 Å². The zero-order valence-corrected chi connectivity index (χ0v) is 62.5. The van der Waals surface area contributed by atoms with E-state index in [-0.39, 0.29) is 25.7 Å². The van der Waals surface area contributed by atoms with Gasteiger partial charge in [0.05, 0.1) is 26.4 Å². The summed E-state index contributed by atoms with van der Waals surface area (Å²) in [5.74, 6) is 0.223. The van der Waals surface area contributed by atoms with Crippen molar-refractivity contribution in [2.75, 3.05) is 39.6 Å². The second-order valence-electron chi connectivity index (χ2n) is 27.4. The summed E-state index contributed by atoms with van der Waals surface area (Å²) in [6, 6.07) is 0. The van der Waals surface area contributed by atoms with Gasteiger partial charge in [0.2, 0.25) is 0 Å². The van der Waals surface area contributed by atoms with Gasteiger partial charge in [-0.2, -0.15) is 0 Å². The summed E-state index contributed by atoms with van der Waals surface area (Å²) in [5, 5.41) is 10.6. The molecule has 93 heavy (non-hydrogen) atoms. The molecule has 0 aliphatic heterocycles. The van der Waals surface area contributed by atoms with Crippen LogP contribution in [-0.4, -0.2) is 96.7 Å². The first kappa shape index (κ1) is 91.1. The van der Waals surface area contributed by atoms with E-state index < -0.39 is 97.5 Å². The minimum Gasteiger partial charge on any atom is -0.462 e. The second-order valence-corrected chi connectivity index (χ2v) is 30.3. The van der Waals surface area contributed by atoms with Gasteiger partial charge in [0.15, 0.2) is 12.2 Å². The third-order valence-corrected chi connectivity index (χ3v) is 20.1. The maximum atomic E-state index is 13.1. The topological polar surface area (TPSA) is 237 Å². The molecule has 5 unspecified atom stereocenters. The molecule has 17 nitrogen and oxygen atoms in total. The smallest absolute Gasteiger partial charge is 0.462 e. The Morgan fingerprint density at radius 1 is 0.301 bits per heavy atom. The highest BCUT2D eigenvalue weighted by molar-refractivity contribution is 7.47. The monoisotopic (exact) mass is 1370 g/mol. The first-order valence-corrected chi connectivity index (χ1v) is 41.5. The number of phosphoric ester groups is 2. The van der Waals surface area contributed by atoms with Crippen molar-refractivity contribution < 1.29 is 80.2 Å². The number of phosphoric acid groups is 2. The molecule has 0 aromatic rings. The molecular weight excluding hydrogens is 1220 g/mol. The van der Waals surface area contributed by atoms with Crippen LogP contribution in [0.15, 0.2) is 0 Å². The lowest BCUT2D eigenvalue weighted by molar-refractivity contribution is -0.161. The Morgan fingerprint density at radius 3 is 0.763 bits per heavy atom. The lowest BCUT2D eigenvalue weighted by atomic mass is 9.99. The Bertz CT molecular complexity index is 1820. The highest BCUT2D eigenvalue weighted by Gasteiger charge is 2.30. The van der Waals surface area contributed by atoms with Gasteiger partial charge in [0, 0.05) is 25.7 Å². The molecule has 0 saturated heterocycles. The number of esters is 4. The lowest BCUT2D eigenvalue weighted by Crippen LogP contribution is -2.30. The van der Waals surface area contributed by atoms with Gasteiger partial charge in [0.25, 0.3) is 0 Å². The van der Waals surface area contributed by atoms with Crippen molar-refractivity contribution in [1.82, 2.24) is 0 Å². The molecule has 0 radical (unpaired) electrons. The van der Waals surface area contributed by atoms with E-state index in [1.165, 1.54) is 180 Å². The molecule has 0 aromatic carbocycles. The van der Waals surface area contributed by atoms with Crippen LogP contribution in [0.2, 0.25) is 0 Å². The van der Waals surface area contributed by atoms with E-state index in [2.05, 4.69) is 48.5 Å². The van der Waals surface area contributed by atoms with Gasteiger partial charge in [-0.1, -0.05) is 325 Å². The van der Waals surface area contributed by atoms with Crippen LogP contribution < -0.4 is 0 Å². The molecule has 19 heteroatoms. The van der Waals surface area contributed by atoms with Gasteiger partial charge in [-0.15, -0.1) is 0 Å². The molecule has 0 spiro atoms. The molecule has 8 atom stereocenters. The summed E-state index contributed by atoms with van der Waals surface area (Å²) >= 11 is 0. The molecule has 3 N–H and O–H groups in total. The van der Waals surface area contributed by atoms with Crippen LogP contribution in [0.25, 0.3) is 0 Å². The van der Waals surface area contributed by atoms with Crippen LogP contribution in [-0.2, 0) is 65.4 Å². The first-order chi connectivity index (χ1) is 44.8. The normalized spacial score (nSPS) is 15.0. The van der Waals surface area contributed by atoms with E-state index in [4.69, 9.17) is 37.0 Å². The number of aliphatic hydroxyl groups excluding tert-OH is 1. The van der Waals surface area contributed by atoms with Crippen LogP contribution in [0, 0.1) is 17.8 Å². The number of hydrogen-bond acceptors (Lipinski definition) is 15. The fourth-order valence-electron chi connectivity index (χ4n) is 11.2. The van der Waals surface area contributed by atoms with Crippen molar-refractivity contribution in [2.24, 2.45) is 17.8 Å². The van der Waals surface area contributed by atoms with Crippen molar-refractivity contribution in [2.45, 2.75) is 394 Å². The number of carbonyl (C=O) groups is 4. The van der Waals surface area contributed by atoms with Gasteiger partial charge in [0.1, 0.15) is 19.3 Å². The number of unbranched alkanes of at least 4 members (excludes halogenated alkanes) is 37. The summed E-state index contributed by atoms with van der Waals surface area (Å²) in [7, 11) is -9.91. The van der Waals surface area contributed by atoms with E-state index in [1.807, 2.05) is 0 Å². The molecular formula is C74H144O17P2. The van der Waals surface area contributed by atoms with Crippen molar-refractivity contribution in [3.05, 3.63) is 0 Å². The average Bonchev–Trinajstić information content (AvgIpc) is 2.40. The number of rotatable bonds is 72. The van der Waals surface area contributed by atoms with E-state index in [9.17, 15) is 43.2 Å². The Labute approximate surface area is 568 Å². The third-order valence-electron chi connectivity index (χ3n) is 18.2.